The monoisotopic (exact) mass is 395 g/mol. The van der Waals surface area contributed by atoms with Gasteiger partial charge < -0.3 is 10.3 Å². The molecule has 4 rings (SSSR count). The molecule has 0 aliphatic heterocycles. The molecule has 1 aromatic carbocycles. The van der Waals surface area contributed by atoms with Crippen LogP contribution < -0.4 is 10.9 Å². The molecule has 8 heteroatoms. The molecule has 28 heavy (non-hydrogen) atoms. The van der Waals surface area contributed by atoms with Gasteiger partial charge in [0.2, 0.25) is 0 Å². The first kappa shape index (κ1) is 18.4. The van der Waals surface area contributed by atoms with Crippen molar-refractivity contribution in [3.63, 3.8) is 0 Å². The van der Waals surface area contributed by atoms with E-state index in [0.717, 1.165) is 24.8 Å². The number of carbonyl (C=O) groups is 1. The summed E-state index contributed by atoms with van der Waals surface area (Å²) in [5, 5.41) is 7.90. The summed E-state index contributed by atoms with van der Waals surface area (Å²) in [5.41, 5.74) is 3.08. The van der Waals surface area contributed by atoms with Crippen LogP contribution in [-0.4, -0.2) is 25.2 Å². The molecule has 1 unspecified atom stereocenters. The Morgan fingerprint density at radius 1 is 1.50 bits per heavy atom. The van der Waals surface area contributed by atoms with Crippen molar-refractivity contribution in [2.24, 2.45) is 7.05 Å². The van der Waals surface area contributed by atoms with Crippen LogP contribution >= 0.6 is 12.2 Å². The predicted molar refractivity (Wildman–Crippen MR) is 110 cm³/mol. The van der Waals surface area contributed by atoms with E-state index in [0.29, 0.717) is 27.8 Å². The molecule has 0 saturated carbocycles. The second-order valence-corrected chi connectivity index (χ2v) is 7.37. The first-order chi connectivity index (χ1) is 13.5. The van der Waals surface area contributed by atoms with Gasteiger partial charge in [0, 0.05) is 30.4 Å². The molecule has 0 bridgehead atoms. The van der Waals surface area contributed by atoms with Crippen molar-refractivity contribution in [1.29, 1.82) is 0 Å². The lowest BCUT2D eigenvalue weighted by Crippen LogP contribution is -2.31. The first-order valence-electron chi connectivity index (χ1n) is 9.19. The van der Waals surface area contributed by atoms with Crippen molar-refractivity contribution in [2.75, 3.05) is 0 Å². The molecular formula is C20H21N5O2S. The fourth-order valence-corrected chi connectivity index (χ4v) is 4.06. The Morgan fingerprint density at radius 3 is 3.11 bits per heavy atom. The summed E-state index contributed by atoms with van der Waals surface area (Å²) >= 11 is 5.27. The van der Waals surface area contributed by atoms with Crippen molar-refractivity contribution in [2.45, 2.75) is 31.8 Å². The number of aromatic nitrogens is 4. The summed E-state index contributed by atoms with van der Waals surface area (Å²) in [7, 11) is 1.92. The SMILES string of the molecule is C=CCn1c(=S)[nH]c2cc(C(=O)NC3CCCc4c3cnn4C)ccc2c1=O. The van der Waals surface area contributed by atoms with Crippen LogP contribution in [0, 0.1) is 4.77 Å². The number of aromatic amines is 1. The molecule has 7 nitrogen and oxygen atoms in total. The third-order valence-electron chi connectivity index (χ3n) is 5.24. The lowest BCUT2D eigenvalue weighted by atomic mass is 9.92. The number of nitrogens with one attached hydrogen (secondary N) is 2. The number of aryl methyl sites for hydroxylation is 1. The number of allylic oxidation sites excluding steroid dienone is 1. The molecule has 144 valence electrons. The highest BCUT2D eigenvalue weighted by Gasteiger charge is 2.25. The van der Waals surface area contributed by atoms with Crippen LogP contribution in [0.5, 0.6) is 0 Å². The molecule has 3 aromatic rings. The maximum Gasteiger partial charge on any atom is 0.262 e. The van der Waals surface area contributed by atoms with Gasteiger partial charge in [-0.1, -0.05) is 6.08 Å². The summed E-state index contributed by atoms with van der Waals surface area (Å²) in [6.45, 7) is 3.98. The first-order valence-corrected chi connectivity index (χ1v) is 9.60. The zero-order valence-corrected chi connectivity index (χ0v) is 16.4. The van der Waals surface area contributed by atoms with Gasteiger partial charge in [-0.25, -0.2) is 0 Å². The fraction of sp³-hybridized carbons (Fsp3) is 0.300. The second kappa shape index (κ2) is 7.20. The topological polar surface area (TPSA) is 84.7 Å². The molecule has 0 saturated heterocycles. The Morgan fingerprint density at radius 2 is 2.32 bits per heavy atom. The van der Waals surface area contributed by atoms with Crippen molar-refractivity contribution in [1.82, 2.24) is 24.6 Å². The Hall–Kier alpha value is -3.00. The van der Waals surface area contributed by atoms with Gasteiger partial charge >= 0.3 is 0 Å². The fourth-order valence-electron chi connectivity index (χ4n) is 3.79. The van der Waals surface area contributed by atoms with E-state index in [-0.39, 0.29) is 17.5 Å². The summed E-state index contributed by atoms with van der Waals surface area (Å²) in [4.78, 5) is 28.5. The maximum absolute atomic E-state index is 12.8. The second-order valence-electron chi connectivity index (χ2n) is 6.98. The number of rotatable bonds is 4. The van der Waals surface area contributed by atoms with Gasteiger partial charge in [0.15, 0.2) is 4.77 Å². The molecule has 0 fully saturated rings. The average Bonchev–Trinajstić information content (AvgIpc) is 3.07. The van der Waals surface area contributed by atoms with Gasteiger partial charge in [-0.3, -0.25) is 18.8 Å². The van der Waals surface area contributed by atoms with Gasteiger partial charge in [0.05, 0.1) is 23.1 Å². The lowest BCUT2D eigenvalue weighted by molar-refractivity contribution is 0.0932. The standard InChI is InChI=1S/C20H21N5O2S/c1-3-9-25-19(27)13-8-7-12(10-16(13)23-20(25)28)18(26)22-15-5-4-6-17-14(15)11-21-24(17)2/h3,7-8,10-11,15H,1,4-6,9H2,2H3,(H,22,26)(H,23,28). The Balaban J connectivity index is 1.65. The van der Waals surface area contributed by atoms with Crippen molar-refractivity contribution >= 4 is 29.0 Å². The highest BCUT2D eigenvalue weighted by Crippen LogP contribution is 2.29. The number of hydrogen-bond donors (Lipinski definition) is 2. The number of fused-ring (bicyclic) bond motifs is 2. The average molecular weight is 395 g/mol. The summed E-state index contributed by atoms with van der Waals surface area (Å²) in [5.74, 6) is -0.182. The van der Waals surface area contributed by atoms with E-state index in [1.807, 2.05) is 17.9 Å². The normalized spacial score (nSPS) is 16.0. The number of nitrogens with zero attached hydrogens (tertiary/aromatic N) is 3. The zero-order chi connectivity index (χ0) is 19.8. The molecule has 1 aliphatic carbocycles. The third kappa shape index (κ3) is 3.09. The van der Waals surface area contributed by atoms with E-state index in [1.165, 1.54) is 10.3 Å². The summed E-state index contributed by atoms with van der Waals surface area (Å²) < 4.78 is 3.62. The summed E-state index contributed by atoms with van der Waals surface area (Å²) in [6.07, 6.45) is 6.31. The van der Waals surface area contributed by atoms with E-state index >= 15 is 0 Å². The van der Waals surface area contributed by atoms with Crippen molar-refractivity contribution < 1.29 is 4.79 Å². The maximum atomic E-state index is 12.8. The van der Waals surface area contributed by atoms with Gasteiger partial charge in [0.1, 0.15) is 0 Å². The quantitative estimate of drug-likeness (QED) is 0.526. The Kier molecular flexibility index (Phi) is 4.72. The van der Waals surface area contributed by atoms with E-state index in [1.54, 1.807) is 24.3 Å². The zero-order valence-electron chi connectivity index (χ0n) is 15.6. The van der Waals surface area contributed by atoms with Crippen LogP contribution in [0.2, 0.25) is 0 Å². The molecule has 0 spiro atoms. The molecular weight excluding hydrogens is 374 g/mol. The van der Waals surface area contributed by atoms with E-state index in [2.05, 4.69) is 22.0 Å². The molecule has 1 atom stereocenters. The third-order valence-corrected chi connectivity index (χ3v) is 5.56. The smallest absolute Gasteiger partial charge is 0.262 e. The highest BCUT2D eigenvalue weighted by molar-refractivity contribution is 7.71. The van der Waals surface area contributed by atoms with E-state index in [4.69, 9.17) is 12.2 Å². The number of H-pyrrole nitrogens is 1. The summed E-state index contributed by atoms with van der Waals surface area (Å²) in [6, 6.07) is 4.95. The number of benzene rings is 1. The molecule has 2 N–H and O–H groups in total. The minimum Gasteiger partial charge on any atom is -0.345 e. The molecule has 1 amide bonds. The minimum absolute atomic E-state index is 0.0558. The van der Waals surface area contributed by atoms with Crippen molar-refractivity contribution in [3.8, 4) is 0 Å². The van der Waals surface area contributed by atoms with Gasteiger partial charge in [0.25, 0.3) is 11.5 Å². The van der Waals surface area contributed by atoms with Crippen LogP contribution in [0.1, 0.15) is 40.5 Å². The van der Waals surface area contributed by atoms with E-state index < -0.39 is 0 Å². The van der Waals surface area contributed by atoms with Crippen LogP contribution in [-0.2, 0) is 20.0 Å². The number of hydrogen-bond acceptors (Lipinski definition) is 4. The Labute approximate surface area is 166 Å². The largest absolute Gasteiger partial charge is 0.345 e. The molecule has 2 aromatic heterocycles. The van der Waals surface area contributed by atoms with Crippen LogP contribution in [0.4, 0.5) is 0 Å². The number of carbonyl (C=O) groups excluding carboxylic acids is 1. The van der Waals surface area contributed by atoms with Gasteiger partial charge in [-0.15, -0.1) is 6.58 Å². The number of amides is 1. The lowest BCUT2D eigenvalue weighted by Gasteiger charge is -2.23. The minimum atomic E-state index is -0.196. The molecule has 0 radical (unpaired) electrons. The Bertz CT molecular complexity index is 1200. The van der Waals surface area contributed by atoms with Gasteiger partial charge in [-0.2, -0.15) is 5.10 Å². The van der Waals surface area contributed by atoms with Gasteiger partial charge in [-0.05, 0) is 49.7 Å². The van der Waals surface area contributed by atoms with Crippen LogP contribution in [0.3, 0.4) is 0 Å². The predicted octanol–water partition coefficient (Wildman–Crippen LogP) is 2.79. The highest BCUT2D eigenvalue weighted by atomic mass is 32.1. The van der Waals surface area contributed by atoms with Crippen LogP contribution in [0.15, 0.2) is 41.8 Å². The van der Waals surface area contributed by atoms with Crippen LogP contribution in [0.25, 0.3) is 10.9 Å². The van der Waals surface area contributed by atoms with E-state index in [9.17, 15) is 9.59 Å². The molecule has 1 aliphatic rings. The molecule has 2 heterocycles. The van der Waals surface area contributed by atoms with Crippen molar-refractivity contribution in [3.05, 3.63) is 69.0 Å².